The molecule has 1 unspecified atom stereocenters. The van der Waals surface area contributed by atoms with Crippen molar-refractivity contribution in [3.8, 4) is 0 Å². The Hall–Kier alpha value is -1.85. The fraction of sp³-hybridized carbons (Fsp3) is 0.412. The van der Waals surface area contributed by atoms with Gasteiger partial charge < -0.3 is 15.2 Å². The standard InChI is InChI=1S/C17H21N3O2.ClH/c1-18-10-12-5-4-8-20(11-12)17(22)15-9-13-6-2-3-7-14(13)16(21)19-15;/h2-3,6-7,9,12,18H,4-5,8,10-11H2,1H3,(H,19,21);1H. The number of fused-ring (bicyclic) bond motifs is 1. The Morgan fingerprint density at radius 2 is 2.17 bits per heavy atom. The van der Waals surface area contributed by atoms with Gasteiger partial charge in [-0.25, -0.2) is 0 Å². The van der Waals surface area contributed by atoms with E-state index in [2.05, 4.69) is 10.3 Å². The van der Waals surface area contributed by atoms with Gasteiger partial charge in [-0.2, -0.15) is 0 Å². The first-order valence-corrected chi connectivity index (χ1v) is 7.75. The van der Waals surface area contributed by atoms with Crippen LogP contribution in [0.25, 0.3) is 10.8 Å². The topological polar surface area (TPSA) is 65.2 Å². The van der Waals surface area contributed by atoms with Crippen molar-refractivity contribution in [3.63, 3.8) is 0 Å². The first-order valence-electron chi connectivity index (χ1n) is 7.75. The van der Waals surface area contributed by atoms with Gasteiger partial charge >= 0.3 is 0 Å². The van der Waals surface area contributed by atoms with E-state index in [1.165, 1.54) is 0 Å². The van der Waals surface area contributed by atoms with Gasteiger partial charge in [0, 0.05) is 18.5 Å². The van der Waals surface area contributed by atoms with E-state index in [0.29, 0.717) is 17.0 Å². The normalized spacial score (nSPS) is 17.8. The molecule has 124 valence electrons. The Morgan fingerprint density at radius 3 is 2.96 bits per heavy atom. The number of hydrogen-bond donors (Lipinski definition) is 2. The third-order valence-electron chi connectivity index (χ3n) is 4.28. The van der Waals surface area contributed by atoms with Gasteiger partial charge in [-0.15, -0.1) is 12.4 Å². The van der Waals surface area contributed by atoms with Crippen LogP contribution >= 0.6 is 12.4 Å². The molecule has 1 atom stereocenters. The van der Waals surface area contributed by atoms with Gasteiger partial charge in [0.25, 0.3) is 11.5 Å². The number of likely N-dealkylation sites (tertiary alicyclic amines) is 1. The molecule has 0 aliphatic carbocycles. The second-order valence-electron chi connectivity index (χ2n) is 5.92. The number of carbonyl (C=O) groups excluding carboxylic acids is 1. The lowest BCUT2D eigenvalue weighted by Gasteiger charge is -2.32. The van der Waals surface area contributed by atoms with E-state index in [1.54, 1.807) is 12.1 Å². The van der Waals surface area contributed by atoms with Gasteiger partial charge in [-0.3, -0.25) is 9.59 Å². The van der Waals surface area contributed by atoms with Crippen LogP contribution in [0.2, 0.25) is 0 Å². The lowest BCUT2D eigenvalue weighted by atomic mass is 9.97. The maximum Gasteiger partial charge on any atom is 0.270 e. The highest BCUT2D eigenvalue weighted by Gasteiger charge is 2.24. The maximum atomic E-state index is 12.7. The molecule has 2 heterocycles. The molecule has 1 saturated heterocycles. The van der Waals surface area contributed by atoms with Crippen LogP contribution in [0.3, 0.4) is 0 Å². The molecular weight excluding hydrogens is 314 g/mol. The number of rotatable bonds is 3. The van der Waals surface area contributed by atoms with E-state index in [-0.39, 0.29) is 23.9 Å². The van der Waals surface area contributed by atoms with E-state index in [1.807, 2.05) is 30.1 Å². The summed E-state index contributed by atoms with van der Waals surface area (Å²) in [6.07, 6.45) is 2.15. The SMILES string of the molecule is CNCC1CCCN(C(=O)c2cc3ccccc3c(=O)[nH]2)C1.Cl. The van der Waals surface area contributed by atoms with Gasteiger partial charge in [-0.05, 0) is 49.9 Å². The van der Waals surface area contributed by atoms with Crippen molar-refractivity contribution in [2.75, 3.05) is 26.7 Å². The zero-order valence-electron chi connectivity index (χ0n) is 13.2. The third kappa shape index (κ3) is 3.74. The fourth-order valence-electron chi connectivity index (χ4n) is 3.20. The molecule has 1 fully saturated rings. The minimum Gasteiger partial charge on any atom is -0.337 e. The number of carbonyl (C=O) groups is 1. The molecule has 1 aliphatic rings. The van der Waals surface area contributed by atoms with Crippen LogP contribution in [0.1, 0.15) is 23.3 Å². The van der Waals surface area contributed by atoms with Crippen molar-refractivity contribution in [2.45, 2.75) is 12.8 Å². The van der Waals surface area contributed by atoms with Crippen LogP contribution in [0.4, 0.5) is 0 Å². The number of hydrogen-bond acceptors (Lipinski definition) is 3. The number of nitrogens with one attached hydrogen (secondary N) is 2. The maximum absolute atomic E-state index is 12.7. The first kappa shape index (κ1) is 17.5. The van der Waals surface area contributed by atoms with E-state index < -0.39 is 0 Å². The van der Waals surface area contributed by atoms with Crippen molar-refractivity contribution < 1.29 is 4.79 Å². The quantitative estimate of drug-likeness (QED) is 0.902. The fourth-order valence-corrected chi connectivity index (χ4v) is 3.20. The van der Waals surface area contributed by atoms with Crippen LogP contribution < -0.4 is 10.9 Å². The molecule has 0 saturated carbocycles. The summed E-state index contributed by atoms with van der Waals surface area (Å²) in [5.74, 6) is 0.401. The van der Waals surface area contributed by atoms with Crippen molar-refractivity contribution in [1.82, 2.24) is 15.2 Å². The zero-order chi connectivity index (χ0) is 15.5. The number of piperidine rings is 1. The molecule has 1 aliphatic heterocycles. The number of pyridine rings is 1. The van der Waals surface area contributed by atoms with Crippen LogP contribution in [-0.2, 0) is 0 Å². The average molecular weight is 336 g/mol. The summed E-state index contributed by atoms with van der Waals surface area (Å²) in [6.45, 7) is 2.42. The van der Waals surface area contributed by atoms with E-state index in [4.69, 9.17) is 0 Å². The zero-order valence-corrected chi connectivity index (χ0v) is 14.0. The summed E-state index contributed by atoms with van der Waals surface area (Å²) in [5.41, 5.74) is 0.180. The minimum absolute atomic E-state index is 0. The largest absolute Gasteiger partial charge is 0.337 e. The van der Waals surface area contributed by atoms with Crippen molar-refractivity contribution in [3.05, 3.63) is 46.4 Å². The molecule has 1 aromatic carbocycles. The molecule has 0 spiro atoms. The number of amides is 1. The molecule has 2 N–H and O–H groups in total. The molecule has 5 nitrogen and oxygen atoms in total. The van der Waals surface area contributed by atoms with Crippen LogP contribution in [0.5, 0.6) is 0 Å². The molecule has 6 heteroatoms. The second kappa shape index (κ2) is 7.62. The van der Waals surface area contributed by atoms with Gasteiger partial charge in [0.1, 0.15) is 5.69 Å². The van der Waals surface area contributed by atoms with Gasteiger partial charge in [0.15, 0.2) is 0 Å². The van der Waals surface area contributed by atoms with E-state index >= 15 is 0 Å². The number of aromatic nitrogens is 1. The average Bonchev–Trinajstić information content (AvgIpc) is 2.55. The molecule has 3 rings (SSSR count). The smallest absolute Gasteiger partial charge is 0.270 e. The first-order chi connectivity index (χ1) is 10.7. The third-order valence-corrected chi connectivity index (χ3v) is 4.28. The Bertz CT molecular complexity index is 742. The molecule has 23 heavy (non-hydrogen) atoms. The molecular formula is C17H22ClN3O2. The van der Waals surface area contributed by atoms with Crippen LogP contribution in [0, 0.1) is 5.92 Å². The highest BCUT2D eigenvalue weighted by atomic mass is 35.5. The predicted octanol–water partition coefficient (Wildman–Crippen LogP) is 2.02. The Labute approximate surface area is 141 Å². The molecule has 1 amide bonds. The number of aromatic amines is 1. The summed E-state index contributed by atoms with van der Waals surface area (Å²) in [6, 6.07) is 9.11. The van der Waals surface area contributed by atoms with Crippen molar-refractivity contribution in [2.24, 2.45) is 5.92 Å². The minimum atomic E-state index is -0.203. The summed E-state index contributed by atoms with van der Waals surface area (Å²) >= 11 is 0. The predicted molar refractivity (Wildman–Crippen MR) is 94.4 cm³/mol. The van der Waals surface area contributed by atoms with E-state index in [0.717, 1.165) is 37.9 Å². The van der Waals surface area contributed by atoms with Gasteiger partial charge in [0.05, 0.1) is 0 Å². The Kier molecular flexibility index (Phi) is 5.80. The van der Waals surface area contributed by atoms with Crippen LogP contribution in [-0.4, -0.2) is 42.5 Å². The monoisotopic (exact) mass is 335 g/mol. The van der Waals surface area contributed by atoms with Crippen LogP contribution in [0.15, 0.2) is 35.1 Å². The Morgan fingerprint density at radius 1 is 1.39 bits per heavy atom. The molecule has 1 aromatic heterocycles. The lowest BCUT2D eigenvalue weighted by Crippen LogP contribution is -2.43. The highest BCUT2D eigenvalue weighted by molar-refractivity contribution is 5.96. The number of nitrogens with zero attached hydrogens (tertiary/aromatic N) is 1. The van der Waals surface area contributed by atoms with Crippen molar-refractivity contribution >= 4 is 29.1 Å². The van der Waals surface area contributed by atoms with E-state index in [9.17, 15) is 9.59 Å². The highest BCUT2D eigenvalue weighted by Crippen LogP contribution is 2.18. The summed E-state index contributed by atoms with van der Waals surface area (Å²) < 4.78 is 0. The number of H-pyrrole nitrogens is 1. The molecule has 2 aromatic rings. The van der Waals surface area contributed by atoms with Gasteiger partial charge in [-0.1, -0.05) is 18.2 Å². The second-order valence-corrected chi connectivity index (χ2v) is 5.92. The van der Waals surface area contributed by atoms with Gasteiger partial charge in [0.2, 0.25) is 0 Å². The Balaban J connectivity index is 0.00000192. The summed E-state index contributed by atoms with van der Waals surface area (Å²) in [5, 5.41) is 4.59. The lowest BCUT2D eigenvalue weighted by molar-refractivity contribution is 0.0668. The molecule has 0 radical (unpaired) electrons. The number of benzene rings is 1. The number of halogens is 1. The molecule has 0 bridgehead atoms. The summed E-state index contributed by atoms with van der Waals surface area (Å²) in [4.78, 5) is 29.4. The van der Waals surface area contributed by atoms with Crippen molar-refractivity contribution in [1.29, 1.82) is 0 Å². The summed E-state index contributed by atoms with van der Waals surface area (Å²) in [7, 11) is 1.93.